The van der Waals surface area contributed by atoms with Crippen molar-refractivity contribution in [2.24, 2.45) is 0 Å². The van der Waals surface area contributed by atoms with Crippen molar-refractivity contribution < 1.29 is 9.53 Å². The van der Waals surface area contributed by atoms with E-state index in [1.54, 1.807) is 0 Å². The van der Waals surface area contributed by atoms with Gasteiger partial charge < -0.3 is 10.1 Å². The number of nitrogens with one attached hydrogen (secondary N) is 1. The zero-order valence-corrected chi connectivity index (χ0v) is 18.7. The number of carbonyl (C=O) groups excluding carboxylic acids is 1. The van der Waals surface area contributed by atoms with Crippen molar-refractivity contribution in [3.8, 4) is 0 Å². The lowest BCUT2D eigenvalue weighted by Gasteiger charge is -2.35. The fourth-order valence-corrected chi connectivity index (χ4v) is 4.59. The van der Waals surface area contributed by atoms with E-state index in [1.807, 2.05) is 12.1 Å². The van der Waals surface area contributed by atoms with Crippen molar-refractivity contribution in [2.45, 2.75) is 57.4 Å². The fourth-order valence-electron chi connectivity index (χ4n) is 4.33. The lowest BCUT2D eigenvalue weighted by molar-refractivity contribution is -0.123. The molecule has 0 radical (unpaired) electrons. The number of ether oxygens (including phenoxy) is 1. The van der Waals surface area contributed by atoms with Gasteiger partial charge in [-0.25, -0.2) is 0 Å². The molecule has 2 unspecified atom stereocenters. The molecule has 4 nitrogen and oxygen atoms in total. The summed E-state index contributed by atoms with van der Waals surface area (Å²) in [6.45, 7) is 7.73. The summed E-state index contributed by atoms with van der Waals surface area (Å²) in [5.41, 5.74) is 3.22. The van der Waals surface area contributed by atoms with Gasteiger partial charge in [-0.2, -0.15) is 0 Å². The smallest absolute Gasteiger partial charge is 0.230 e. The summed E-state index contributed by atoms with van der Waals surface area (Å²) in [6.07, 6.45) is 2.42. The van der Waals surface area contributed by atoms with Crippen LogP contribution >= 0.6 is 15.9 Å². The Morgan fingerprint density at radius 3 is 2.21 bits per heavy atom. The quantitative estimate of drug-likeness (QED) is 0.699. The molecule has 1 N–H and O–H groups in total. The Morgan fingerprint density at radius 1 is 1.03 bits per heavy atom. The number of halogens is 1. The van der Waals surface area contributed by atoms with E-state index in [0.29, 0.717) is 6.54 Å². The molecule has 2 aromatic carbocycles. The molecular weight excluding hydrogens is 428 g/mol. The second-order valence-electron chi connectivity index (χ2n) is 8.54. The van der Waals surface area contributed by atoms with Crippen LogP contribution in [-0.4, -0.2) is 36.1 Å². The van der Waals surface area contributed by atoms with E-state index >= 15 is 0 Å². The highest BCUT2D eigenvalue weighted by atomic mass is 79.9. The average Bonchev–Trinajstić information content (AvgIpc) is 3.49. The predicted octanol–water partition coefficient (Wildman–Crippen LogP) is 4.41. The molecule has 0 spiro atoms. The van der Waals surface area contributed by atoms with Crippen LogP contribution in [-0.2, 0) is 28.0 Å². The maximum atomic E-state index is 12.8. The Morgan fingerprint density at radius 2 is 1.62 bits per heavy atom. The molecule has 29 heavy (non-hydrogen) atoms. The molecule has 2 aliphatic rings. The zero-order chi connectivity index (χ0) is 20.4. The number of hydrogen-bond acceptors (Lipinski definition) is 3. The molecule has 1 saturated carbocycles. The van der Waals surface area contributed by atoms with Crippen molar-refractivity contribution in [1.82, 2.24) is 10.2 Å². The second-order valence-corrected chi connectivity index (χ2v) is 9.46. The Hall–Kier alpha value is -1.69. The highest BCUT2D eigenvalue weighted by Gasteiger charge is 2.51. The van der Waals surface area contributed by atoms with Gasteiger partial charge in [-0.15, -0.1) is 0 Å². The van der Waals surface area contributed by atoms with Crippen molar-refractivity contribution in [2.75, 3.05) is 13.1 Å². The van der Waals surface area contributed by atoms with Crippen LogP contribution < -0.4 is 5.32 Å². The van der Waals surface area contributed by atoms with Gasteiger partial charge in [0.1, 0.15) is 0 Å². The monoisotopic (exact) mass is 456 g/mol. The highest BCUT2D eigenvalue weighted by Crippen LogP contribution is 2.48. The minimum atomic E-state index is -0.329. The van der Waals surface area contributed by atoms with Crippen molar-refractivity contribution in [3.63, 3.8) is 0 Å². The van der Waals surface area contributed by atoms with E-state index in [1.165, 1.54) is 5.56 Å². The summed E-state index contributed by atoms with van der Waals surface area (Å²) >= 11 is 3.46. The van der Waals surface area contributed by atoms with Gasteiger partial charge in [-0.05, 0) is 55.5 Å². The molecule has 0 aromatic heterocycles. The maximum absolute atomic E-state index is 12.8. The number of carbonyl (C=O) groups is 1. The topological polar surface area (TPSA) is 41.6 Å². The van der Waals surface area contributed by atoms with Gasteiger partial charge >= 0.3 is 0 Å². The summed E-state index contributed by atoms with van der Waals surface area (Å²) in [4.78, 5) is 15.3. The first kappa shape index (κ1) is 20.6. The molecule has 4 rings (SSSR count). The molecule has 2 atom stereocenters. The molecule has 154 valence electrons. The molecule has 1 aliphatic heterocycles. The Labute approximate surface area is 181 Å². The normalized spacial score (nSPS) is 23.6. The molecule has 2 aromatic rings. The average molecular weight is 457 g/mol. The van der Waals surface area contributed by atoms with Crippen molar-refractivity contribution in [3.05, 3.63) is 69.7 Å². The summed E-state index contributed by atoms with van der Waals surface area (Å²) in [5, 5.41) is 3.15. The summed E-state index contributed by atoms with van der Waals surface area (Å²) in [5.74, 6) is 0.139. The van der Waals surface area contributed by atoms with E-state index in [0.717, 1.165) is 48.1 Å². The van der Waals surface area contributed by atoms with E-state index in [2.05, 4.69) is 76.4 Å². The number of rotatable bonds is 6. The Kier molecular flexibility index (Phi) is 6.09. The highest BCUT2D eigenvalue weighted by molar-refractivity contribution is 9.10. The zero-order valence-electron chi connectivity index (χ0n) is 17.2. The number of amides is 1. The predicted molar refractivity (Wildman–Crippen MR) is 119 cm³/mol. The summed E-state index contributed by atoms with van der Waals surface area (Å²) in [6, 6.07) is 16.7. The first-order chi connectivity index (χ1) is 13.9. The van der Waals surface area contributed by atoms with Crippen molar-refractivity contribution >= 4 is 21.8 Å². The van der Waals surface area contributed by atoms with Crippen LogP contribution in [0.4, 0.5) is 0 Å². The van der Waals surface area contributed by atoms with Crippen LogP contribution in [0, 0.1) is 0 Å². The molecular formula is C24H29BrN2O2. The largest absolute Gasteiger partial charge is 0.373 e. The number of benzene rings is 2. The van der Waals surface area contributed by atoms with Gasteiger partial charge in [0.2, 0.25) is 5.91 Å². The van der Waals surface area contributed by atoms with Crippen molar-refractivity contribution in [1.29, 1.82) is 0 Å². The third-order valence-corrected chi connectivity index (χ3v) is 6.49. The van der Waals surface area contributed by atoms with Crippen LogP contribution in [0.3, 0.4) is 0 Å². The Bertz CT molecular complexity index is 836. The Balaban J connectivity index is 1.31. The molecule has 0 bridgehead atoms. The van der Waals surface area contributed by atoms with Crippen LogP contribution in [0.1, 0.15) is 43.4 Å². The standard InChI is InChI=1S/C24H29BrN2O2/c1-17-14-27(15-18(2)29-17)16-20-5-3-19(4-6-20)13-26-23(28)24(11-12-24)21-7-9-22(25)10-8-21/h3-10,17-18H,11-16H2,1-2H3,(H,26,28). The number of nitrogens with zero attached hydrogens (tertiary/aromatic N) is 1. The minimum Gasteiger partial charge on any atom is -0.373 e. The number of morpholine rings is 1. The van der Waals surface area contributed by atoms with Crippen LogP contribution in [0.15, 0.2) is 53.0 Å². The van der Waals surface area contributed by atoms with Crippen LogP contribution in [0.25, 0.3) is 0 Å². The van der Waals surface area contributed by atoms with Crippen LogP contribution in [0.5, 0.6) is 0 Å². The molecule has 2 fully saturated rings. The molecule has 1 heterocycles. The molecule has 1 amide bonds. The maximum Gasteiger partial charge on any atom is 0.230 e. The fraction of sp³-hybridized carbons (Fsp3) is 0.458. The van der Waals surface area contributed by atoms with E-state index in [4.69, 9.17) is 4.74 Å². The number of hydrogen-bond donors (Lipinski definition) is 1. The minimum absolute atomic E-state index is 0.139. The van der Waals surface area contributed by atoms with Gasteiger partial charge in [-0.1, -0.05) is 52.3 Å². The van der Waals surface area contributed by atoms with E-state index in [-0.39, 0.29) is 23.5 Å². The van der Waals surface area contributed by atoms with Gasteiger partial charge in [0.05, 0.1) is 17.6 Å². The molecule has 5 heteroatoms. The van der Waals surface area contributed by atoms with Gasteiger partial charge in [0.25, 0.3) is 0 Å². The lowest BCUT2D eigenvalue weighted by Crippen LogP contribution is -2.44. The SMILES string of the molecule is CC1CN(Cc2ccc(CNC(=O)C3(c4ccc(Br)cc4)CC3)cc2)CC(C)O1. The first-order valence-electron chi connectivity index (χ1n) is 10.4. The molecule has 1 aliphatic carbocycles. The molecule has 1 saturated heterocycles. The third kappa shape index (κ3) is 4.90. The van der Waals surface area contributed by atoms with E-state index in [9.17, 15) is 4.79 Å². The summed E-state index contributed by atoms with van der Waals surface area (Å²) in [7, 11) is 0. The van der Waals surface area contributed by atoms with E-state index < -0.39 is 0 Å². The lowest BCUT2D eigenvalue weighted by atomic mass is 9.95. The summed E-state index contributed by atoms with van der Waals surface area (Å²) < 4.78 is 6.85. The first-order valence-corrected chi connectivity index (χ1v) is 11.2. The van der Waals surface area contributed by atoms with Gasteiger partial charge in [0, 0.05) is 30.7 Å². The second kappa shape index (κ2) is 8.58. The third-order valence-electron chi connectivity index (χ3n) is 5.96. The van der Waals surface area contributed by atoms with Crippen LogP contribution in [0.2, 0.25) is 0 Å². The van der Waals surface area contributed by atoms with Gasteiger partial charge in [0.15, 0.2) is 0 Å². The van der Waals surface area contributed by atoms with Gasteiger partial charge in [-0.3, -0.25) is 9.69 Å².